The quantitative estimate of drug-likeness (QED) is 0.692. The van der Waals surface area contributed by atoms with Gasteiger partial charge in [-0.05, 0) is 12.8 Å². The second-order valence-electron chi connectivity index (χ2n) is 4.26. The van der Waals surface area contributed by atoms with E-state index in [1.165, 1.54) is 0 Å². The third-order valence-electron chi connectivity index (χ3n) is 2.65. The molecular weight excluding hydrogens is 194 g/mol. The highest BCUT2D eigenvalue weighted by Gasteiger charge is 2.24. The molecule has 1 fully saturated rings. The Bertz CT molecular complexity index is 245. The summed E-state index contributed by atoms with van der Waals surface area (Å²) in [4.78, 5) is 24.1. The summed E-state index contributed by atoms with van der Waals surface area (Å²) < 4.78 is 0. The minimum Gasteiger partial charge on any atom is -0.352 e. The number of nitrogens with one attached hydrogen (secondary N) is 1. The first-order valence-electron chi connectivity index (χ1n) is 5.35. The van der Waals surface area contributed by atoms with E-state index in [0.29, 0.717) is 13.1 Å². The van der Waals surface area contributed by atoms with E-state index in [4.69, 9.17) is 5.73 Å². The van der Waals surface area contributed by atoms with Gasteiger partial charge >= 0.3 is 6.03 Å². The number of carbonyl (C=O) groups is 2. The summed E-state index contributed by atoms with van der Waals surface area (Å²) in [5, 5.41) is 2.67. The molecule has 3 N–H and O–H groups in total. The van der Waals surface area contributed by atoms with Crippen LogP contribution in [0.5, 0.6) is 0 Å². The Morgan fingerprint density at radius 1 is 1.33 bits per heavy atom. The van der Waals surface area contributed by atoms with E-state index in [-0.39, 0.29) is 17.9 Å². The standard InChI is InChI=1S/C10H19N3O2/c1-7(2)9(14)13-5-3-8(4-6-13)12-10(11)15/h7-8H,3-6H2,1-2H3,(H3,11,12,15). The molecule has 5 heteroatoms. The van der Waals surface area contributed by atoms with E-state index < -0.39 is 6.03 Å². The van der Waals surface area contributed by atoms with Crippen molar-refractivity contribution in [2.24, 2.45) is 11.7 Å². The molecule has 1 rings (SSSR count). The van der Waals surface area contributed by atoms with Gasteiger partial charge in [-0.2, -0.15) is 0 Å². The number of hydrogen-bond acceptors (Lipinski definition) is 2. The van der Waals surface area contributed by atoms with Gasteiger partial charge in [0.2, 0.25) is 5.91 Å². The molecule has 1 saturated heterocycles. The minimum atomic E-state index is -0.483. The highest BCUT2D eigenvalue weighted by atomic mass is 16.2. The molecule has 0 spiro atoms. The van der Waals surface area contributed by atoms with Gasteiger partial charge in [0, 0.05) is 25.0 Å². The van der Waals surface area contributed by atoms with Gasteiger partial charge in [0.15, 0.2) is 0 Å². The number of urea groups is 1. The van der Waals surface area contributed by atoms with Gasteiger partial charge in [-0.15, -0.1) is 0 Å². The number of hydrogen-bond donors (Lipinski definition) is 2. The van der Waals surface area contributed by atoms with Crippen molar-refractivity contribution >= 4 is 11.9 Å². The zero-order valence-electron chi connectivity index (χ0n) is 9.32. The maximum atomic E-state index is 11.6. The Kier molecular flexibility index (Phi) is 3.94. The molecule has 1 aliphatic heterocycles. The van der Waals surface area contributed by atoms with E-state index in [2.05, 4.69) is 5.32 Å². The number of nitrogens with two attached hydrogens (primary N) is 1. The molecule has 1 heterocycles. The van der Waals surface area contributed by atoms with Crippen LogP contribution in [0.25, 0.3) is 0 Å². The Labute approximate surface area is 90.0 Å². The van der Waals surface area contributed by atoms with Crippen molar-refractivity contribution < 1.29 is 9.59 Å². The molecule has 3 amide bonds. The van der Waals surface area contributed by atoms with Crippen LogP contribution in [0.4, 0.5) is 4.79 Å². The lowest BCUT2D eigenvalue weighted by atomic mass is 10.0. The maximum Gasteiger partial charge on any atom is 0.312 e. The molecule has 5 nitrogen and oxygen atoms in total. The van der Waals surface area contributed by atoms with Gasteiger partial charge in [-0.3, -0.25) is 4.79 Å². The molecule has 0 aliphatic carbocycles. The van der Waals surface area contributed by atoms with Crippen LogP contribution < -0.4 is 11.1 Å². The Balaban J connectivity index is 2.35. The fourth-order valence-electron chi connectivity index (χ4n) is 1.81. The van der Waals surface area contributed by atoms with Gasteiger partial charge in [0.25, 0.3) is 0 Å². The van der Waals surface area contributed by atoms with Gasteiger partial charge in [0.05, 0.1) is 0 Å². The van der Waals surface area contributed by atoms with Crippen molar-refractivity contribution in [3.05, 3.63) is 0 Å². The SMILES string of the molecule is CC(C)C(=O)N1CCC(NC(N)=O)CC1. The van der Waals surface area contributed by atoms with Crippen molar-refractivity contribution in [2.75, 3.05) is 13.1 Å². The molecular formula is C10H19N3O2. The number of carbonyl (C=O) groups excluding carboxylic acids is 2. The molecule has 0 radical (unpaired) electrons. The van der Waals surface area contributed by atoms with Gasteiger partial charge in [-0.1, -0.05) is 13.8 Å². The van der Waals surface area contributed by atoms with Crippen LogP contribution in [0.3, 0.4) is 0 Å². The molecule has 0 aromatic carbocycles. The second kappa shape index (κ2) is 5.00. The number of piperidine rings is 1. The van der Waals surface area contributed by atoms with Crippen LogP contribution in [0.15, 0.2) is 0 Å². The van der Waals surface area contributed by atoms with Crippen molar-refractivity contribution in [1.29, 1.82) is 0 Å². The summed E-state index contributed by atoms with van der Waals surface area (Å²) in [7, 11) is 0. The average Bonchev–Trinajstić information content (AvgIpc) is 2.17. The minimum absolute atomic E-state index is 0.0469. The predicted octanol–water partition coefficient (Wildman–Crippen LogP) is 0.302. The molecule has 0 saturated carbocycles. The van der Waals surface area contributed by atoms with E-state index in [1.807, 2.05) is 18.7 Å². The molecule has 0 aromatic heterocycles. The lowest BCUT2D eigenvalue weighted by Crippen LogP contribution is -2.48. The van der Waals surface area contributed by atoms with Crippen LogP contribution >= 0.6 is 0 Å². The van der Waals surface area contributed by atoms with Crippen LogP contribution in [0.2, 0.25) is 0 Å². The van der Waals surface area contributed by atoms with Crippen LogP contribution in [0.1, 0.15) is 26.7 Å². The third-order valence-corrected chi connectivity index (χ3v) is 2.65. The van der Waals surface area contributed by atoms with Crippen molar-refractivity contribution in [3.8, 4) is 0 Å². The number of likely N-dealkylation sites (tertiary alicyclic amines) is 1. The molecule has 0 bridgehead atoms. The summed E-state index contributed by atoms with van der Waals surface area (Å²) >= 11 is 0. The fourth-order valence-corrected chi connectivity index (χ4v) is 1.81. The van der Waals surface area contributed by atoms with E-state index in [1.54, 1.807) is 0 Å². The number of amides is 3. The molecule has 86 valence electrons. The first kappa shape index (κ1) is 11.8. The van der Waals surface area contributed by atoms with E-state index in [0.717, 1.165) is 12.8 Å². The first-order valence-corrected chi connectivity index (χ1v) is 5.35. The summed E-state index contributed by atoms with van der Waals surface area (Å²) in [6.07, 6.45) is 1.59. The zero-order chi connectivity index (χ0) is 11.4. The highest BCUT2D eigenvalue weighted by Crippen LogP contribution is 2.12. The lowest BCUT2D eigenvalue weighted by Gasteiger charge is -2.33. The molecule has 0 aromatic rings. The Hall–Kier alpha value is -1.26. The van der Waals surface area contributed by atoms with Crippen molar-refractivity contribution in [2.45, 2.75) is 32.7 Å². The largest absolute Gasteiger partial charge is 0.352 e. The second-order valence-corrected chi connectivity index (χ2v) is 4.26. The summed E-state index contributed by atoms with van der Waals surface area (Å²) in [6, 6.07) is -0.359. The summed E-state index contributed by atoms with van der Waals surface area (Å²) in [6.45, 7) is 5.22. The zero-order valence-corrected chi connectivity index (χ0v) is 9.32. The molecule has 0 unspecified atom stereocenters. The van der Waals surface area contributed by atoms with Crippen molar-refractivity contribution in [3.63, 3.8) is 0 Å². The summed E-state index contributed by atoms with van der Waals surface area (Å²) in [5.41, 5.74) is 5.04. The maximum absolute atomic E-state index is 11.6. The monoisotopic (exact) mass is 213 g/mol. The average molecular weight is 213 g/mol. The van der Waals surface area contributed by atoms with Crippen molar-refractivity contribution in [1.82, 2.24) is 10.2 Å². The topological polar surface area (TPSA) is 75.4 Å². The third kappa shape index (κ3) is 3.42. The highest BCUT2D eigenvalue weighted by molar-refractivity contribution is 5.78. The first-order chi connectivity index (χ1) is 7.00. The van der Waals surface area contributed by atoms with Gasteiger partial charge in [-0.25, -0.2) is 4.79 Å². The number of nitrogens with zero attached hydrogens (tertiary/aromatic N) is 1. The van der Waals surface area contributed by atoms with Gasteiger partial charge < -0.3 is 16.0 Å². The van der Waals surface area contributed by atoms with Crippen LogP contribution in [0, 0.1) is 5.92 Å². The molecule has 1 aliphatic rings. The number of rotatable bonds is 2. The Morgan fingerprint density at radius 3 is 2.27 bits per heavy atom. The number of primary amides is 1. The van der Waals surface area contributed by atoms with Crippen LogP contribution in [-0.2, 0) is 4.79 Å². The van der Waals surface area contributed by atoms with Crippen LogP contribution in [-0.4, -0.2) is 36.0 Å². The smallest absolute Gasteiger partial charge is 0.312 e. The predicted molar refractivity (Wildman–Crippen MR) is 57.2 cm³/mol. The van der Waals surface area contributed by atoms with E-state index in [9.17, 15) is 9.59 Å². The Morgan fingerprint density at radius 2 is 1.87 bits per heavy atom. The normalized spacial score (nSPS) is 17.9. The fraction of sp³-hybridized carbons (Fsp3) is 0.800. The lowest BCUT2D eigenvalue weighted by molar-refractivity contribution is -0.135. The van der Waals surface area contributed by atoms with E-state index >= 15 is 0 Å². The summed E-state index contributed by atoms with van der Waals surface area (Å²) in [5.74, 6) is 0.234. The molecule has 15 heavy (non-hydrogen) atoms. The van der Waals surface area contributed by atoms with Gasteiger partial charge in [0.1, 0.15) is 0 Å². The molecule has 0 atom stereocenters.